The molecule has 31 heavy (non-hydrogen) atoms. The summed E-state index contributed by atoms with van der Waals surface area (Å²) in [6.07, 6.45) is 3.24. The molecule has 0 radical (unpaired) electrons. The monoisotopic (exact) mass is 412 g/mol. The molecule has 0 fully saturated rings. The largest absolute Gasteiger partial charge is 0.356 e. The Balaban J connectivity index is 1.45. The number of carbonyl (C=O) groups is 1. The molecule has 0 aliphatic rings. The number of rotatable bonds is 6. The Morgan fingerprint density at radius 2 is 1.81 bits per heavy atom. The maximum absolute atomic E-state index is 12.5. The number of nitrogens with zero attached hydrogens (tertiary/aromatic N) is 3. The molecule has 0 spiro atoms. The third-order valence-corrected chi connectivity index (χ3v) is 5.27. The first-order valence-electron chi connectivity index (χ1n) is 10.2. The van der Waals surface area contributed by atoms with Crippen LogP contribution in [0, 0.1) is 13.8 Å². The highest BCUT2D eigenvalue weighted by Crippen LogP contribution is 2.30. The first kappa shape index (κ1) is 20.5. The first-order valence-corrected chi connectivity index (χ1v) is 10.2. The van der Waals surface area contributed by atoms with Crippen molar-refractivity contribution in [2.75, 3.05) is 0 Å². The normalized spacial score (nSPS) is 11.8. The fourth-order valence-corrected chi connectivity index (χ4v) is 3.36. The molecule has 156 valence electrons. The lowest BCUT2D eigenvalue weighted by Crippen LogP contribution is -2.27. The first-order chi connectivity index (χ1) is 15.0. The van der Waals surface area contributed by atoms with Crippen molar-refractivity contribution in [3.05, 3.63) is 89.5 Å². The quantitative estimate of drug-likeness (QED) is 0.490. The van der Waals surface area contributed by atoms with E-state index in [2.05, 4.69) is 20.4 Å². The molecule has 2 aromatic heterocycles. The highest BCUT2D eigenvalue weighted by molar-refractivity contribution is 5.83. The average molecular weight is 412 g/mol. The van der Waals surface area contributed by atoms with Crippen molar-refractivity contribution < 1.29 is 9.32 Å². The smallest absolute Gasteiger partial charge is 0.227 e. The molecule has 1 atom stereocenters. The maximum atomic E-state index is 12.5. The van der Waals surface area contributed by atoms with E-state index >= 15 is 0 Å². The summed E-state index contributed by atoms with van der Waals surface area (Å²) < 4.78 is 5.39. The Morgan fingerprint density at radius 1 is 1.06 bits per heavy atom. The molecule has 1 unspecified atom stereocenters. The van der Waals surface area contributed by atoms with Crippen molar-refractivity contribution in [2.45, 2.75) is 33.2 Å². The minimum atomic E-state index is -0.200. The zero-order valence-electron chi connectivity index (χ0n) is 17.8. The molecule has 0 aliphatic heterocycles. The molecule has 1 amide bonds. The van der Waals surface area contributed by atoms with Gasteiger partial charge in [-0.1, -0.05) is 59.3 Å². The lowest BCUT2D eigenvalue weighted by atomic mass is 9.99. The van der Waals surface area contributed by atoms with Gasteiger partial charge in [0.05, 0.1) is 22.9 Å². The van der Waals surface area contributed by atoms with Crippen LogP contribution in [-0.2, 0) is 11.3 Å². The van der Waals surface area contributed by atoms with Crippen molar-refractivity contribution in [1.29, 1.82) is 0 Å². The predicted octanol–water partition coefficient (Wildman–Crippen LogP) is 4.84. The second-order valence-electron chi connectivity index (χ2n) is 7.66. The molecular weight excluding hydrogens is 388 g/mol. The van der Waals surface area contributed by atoms with Crippen molar-refractivity contribution in [2.24, 2.45) is 0 Å². The molecular formula is C25H24N4O2. The summed E-state index contributed by atoms with van der Waals surface area (Å²) in [4.78, 5) is 21.1. The highest BCUT2D eigenvalue weighted by Gasteiger charge is 2.15. The lowest BCUT2D eigenvalue weighted by Gasteiger charge is -2.13. The molecule has 1 N–H and O–H groups in total. The van der Waals surface area contributed by atoms with E-state index in [-0.39, 0.29) is 11.8 Å². The van der Waals surface area contributed by atoms with Crippen molar-refractivity contribution in [3.8, 4) is 22.6 Å². The van der Waals surface area contributed by atoms with E-state index in [0.717, 1.165) is 33.6 Å². The van der Waals surface area contributed by atoms with Gasteiger partial charge in [0.15, 0.2) is 5.76 Å². The van der Waals surface area contributed by atoms with E-state index in [4.69, 9.17) is 4.52 Å². The average Bonchev–Trinajstić information content (AvgIpc) is 3.24. The SMILES string of the molecule is Cc1ccc(C(C)C(=O)NCc2ccc(-c3ncncc3-c3cc(C)no3)cc2)cc1. The van der Waals surface area contributed by atoms with Crippen molar-refractivity contribution in [3.63, 3.8) is 0 Å². The lowest BCUT2D eigenvalue weighted by molar-refractivity contribution is -0.122. The summed E-state index contributed by atoms with van der Waals surface area (Å²) in [6, 6.07) is 17.9. The van der Waals surface area contributed by atoms with Crippen LogP contribution in [0.3, 0.4) is 0 Å². The van der Waals surface area contributed by atoms with Gasteiger partial charge in [-0.2, -0.15) is 0 Å². The number of hydrogen-bond acceptors (Lipinski definition) is 5. The number of amides is 1. The number of aromatic nitrogens is 3. The third kappa shape index (κ3) is 4.69. The molecule has 0 saturated carbocycles. The van der Waals surface area contributed by atoms with E-state index in [9.17, 15) is 4.79 Å². The van der Waals surface area contributed by atoms with Crippen LogP contribution in [0.15, 0.2) is 71.6 Å². The van der Waals surface area contributed by atoms with Gasteiger partial charge in [0.25, 0.3) is 0 Å². The van der Waals surface area contributed by atoms with E-state index in [1.165, 1.54) is 11.9 Å². The van der Waals surface area contributed by atoms with E-state index in [1.54, 1.807) is 6.20 Å². The van der Waals surface area contributed by atoms with Crippen LogP contribution in [0.4, 0.5) is 0 Å². The Kier molecular flexibility index (Phi) is 5.89. The van der Waals surface area contributed by atoms with Crippen LogP contribution >= 0.6 is 0 Å². The van der Waals surface area contributed by atoms with Crippen LogP contribution in [0.2, 0.25) is 0 Å². The van der Waals surface area contributed by atoms with Gasteiger partial charge < -0.3 is 9.84 Å². The van der Waals surface area contributed by atoms with Crippen molar-refractivity contribution in [1.82, 2.24) is 20.4 Å². The molecule has 4 aromatic rings. The van der Waals surface area contributed by atoms with Crippen LogP contribution in [0.1, 0.15) is 35.2 Å². The fourth-order valence-electron chi connectivity index (χ4n) is 3.36. The van der Waals surface area contributed by atoms with Gasteiger partial charge in [-0.05, 0) is 31.9 Å². The van der Waals surface area contributed by atoms with Gasteiger partial charge in [-0.25, -0.2) is 9.97 Å². The second kappa shape index (κ2) is 8.92. The molecule has 2 heterocycles. The molecule has 4 rings (SSSR count). The molecule has 2 aromatic carbocycles. The number of carbonyl (C=O) groups excluding carboxylic acids is 1. The minimum absolute atomic E-state index is 0.00621. The van der Waals surface area contributed by atoms with Gasteiger partial charge in [0.2, 0.25) is 5.91 Å². The molecule has 6 heteroatoms. The summed E-state index contributed by atoms with van der Waals surface area (Å²) in [5.74, 6) is 0.440. The summed E-state index contributed by atoms with van der Waals surface area (Å²) >= 11 is 0. The molecule has 0 aliphatic carbocycles. The summed E-state index contributed by atoms with van der Waals surface area (Å²) in [6.45, 7) is 6.30. The number of hydrogen-bond donors (Lipinski definition) is 1. The van der Waals surface area contributed by atoms with Gasteiger partial charge in [-0.3, -0.25) is 4.79 Å². The van der Waals surface area contributed by atoms with Crippen LogP contribution in [0.5, 0.6) is 0 Å². The van der Waals surface area contributed by atoms with E-state index in [0.29, 0.717) is 12.3 Å². The minimum Gasteiger partial charge on any atom is -0.356 e. The second-order valence-corrected chi connectivity index (χ2v) is 7.66. The topological polar surface area (TPSA) is 80.9 Å². The summed E-state index contributed by atoms with van der Waals surface area (Å²) in [7, 11) is 0. The van der Waals surface area contributed by atoms with Crippen LogP contribution in [-0.4, -0.2) is 21.0 Å². The Bertz CT molecular complexity index is 1180. The number of benzene rings is 2. The number of nitrogens with one attached hydrogen (secondary N) is 1. The van der Waals surface area contributed by atoms with E-state index in [1.807, 2.05) is 75.4 Å². The highest BCUT2D eigenvalue weighted by atomic mass is 16.5. The summed E-state index contributed by atoms with van der Waals surface area (Å²) in [5.41, 5.74) is 6.51. The van der Waals surface area contributed by atoms with Gasteiger partial charge in [0.1, 0.15) is 6.33 Å². The third-order valence-electron chi connectivity index (χ3n) is 5.27. The van der Waals surface area contributed by atoms with Crippen molar-refractivity contribution >= 4 is 5.91 Å². The summed E-state index contributed by atoms with van der Waals surface area (Å²) in [5, 5.41) is 6.98. The van der Waals surface area contributed by atoms with E-state index < -0.39 is 0 Å². The fraction of sp³-hybridized carbons (Fsp3) is 0.200. The predicted molar refractivity (Wildman–Crippen MR) is 119 cm³/mol. The van der Waals surface area contributed by atoms with Gasteiger partial charge >= 0.3 is 0 Å². The van der Waals surface area contributed by atoms with Gasteiger partial charge in [-0.15, -0.1) is 0 Å². The Hall–Kier alpha value is -3.80. The Morgan fingerprint density at radius 3 is 2.48 bits per heavy atom. The maximum Gasteiger partial charge on any atom is 0.227 e. The standard InChI is InChI=1S/C25H24N4O2/c1-16-4-8-20(9-5-16)18(3)25(30)27-13-19-6-10-21(11-7-19)24-22(14-26-15-28-24)23-12-17(2)29-31-23/h4-12,14-15,18H,13H2,1-3H3,(H,27,30). The number of aryl methyl sites for hydroxylation is 2. The molecule has 0 bridgehead atoms. The van der Waals surface area contributed by atoms with Crippen LogP contribution < -0.4 is 5.32 Å². The molecule has 0 saturated heterocycles. The Labute approximate surface area is 181 Å². The zero-order chi connectivity index (χ0) is 21.8. The zero-order valence-corrected chi connectivity index (χ0v) is 17.8. The van der Waals surface area contributed by atoms with Crippen LogP contribution in [0.25, 0.3) is 22.6 Å². The van der Waals surface area contributed by atoms with Gasteiger partial charge in [0, 0.05) is 24.4 Å². The molecule has 6 nitrogen and oxygen atoms in total.